The zero-order valence-corrected chi connectivity index (χ0v) is 17.8. The number of benzene rings is 3. The number of anilines is 2. The lowest BCUT2D eigenvalue weighted by molar-refractivity contribution is -0.116. The SMILES string of the molecule is Nc1ccc(-c2ccc(F)cc2)cc1NC(=O)CCc1cn(CCc2cccc(F)c2)nn1. The van der Waals surface area contributed by atoms with Gasteiger partial charge in [-0.1, -0.05) is 35.5 Å². The van der Waals surface area contributed by atoms with Crippen molar-refractivity contribution < 1.29 is 13.6 Å². The molecule has 1 heterocycles. The Bertz CT molecular complexity index is 1250. The van der Waals surface area contributed by atoms with E-state index in [4.69, 9.17) is 5.73 Å². The predicted molar refractivity (Wildman–Crippen MR) is 123 cm³/mol. The van der Waals surface area contributed by atoms with Gasteiger partial charge in [-0.15, -0.1) is 5.10 Å². The average Bonchev–Trinajstić information content (AvgIpc) is 3.26. The van der Waals surface area contributed by atoms with Gasteiger partial charge in [0.25, 0.3) is 0 Å². The van der Waals surface area contributed by atoms with Crippen LogP contribution in [-0.2, 0) is 24.2 Å². The Labute approximate surface area is 190 Å². The summed E-state index contributed by atoms with van der Waals surface area (Å²) in [5, 5.41) is 11.0. The highest BCUT2D eigenvalue weighted by molar-refractivity contribution is 5.95. The van der Waals surface area contributed by atoms with E-state index in [1.807, 2.05) is 12.1 Å². The molecule has 0 aliphatic carbocycles. The van der Waals surface area contributed by atoms with Gasteiger partial charge in [-0.05, 0) is 59.5 Å². The van der Waals surface area contributed by atoms with E-state index in [0.717, 1.165) is 16.7 Å². The second-order valence-electron chi connectivity index (χ2n) is 7.71. The molecule has 6 nitrogen and oxygen atoms in total. The first kappa shape index (κ1) is 22.1. The maximum absolute atomic E-state index is 13.3. The predicted octanol–water partition coefficient (Wildman–Crippen LogP) is 4.62. The highest BCUT2D eigenvalue weighted by Gasteiger charge is 2.10. The van der Waals surface area contributed by atoms with Gasteiger partial charge < -0.3 is 11.1 Å². The van der Waals surface area contributed by atoms with E-state index in [9.17, 15) is 13.6 Å². The molecule has 0 spiro atoms. The molecule has 1 aromatic heterocycles. The summed E-state index contributed by atoms with van der Waals surface area (Å²) in [5.74, 6) is -0.775. The summed E-state index contributed by atoms with van der Waals surface area (Å²) in [4.78, 5) is 12.5. The van der Waals surface area contributed by atoms with Crippen molar-refractivity contribution in [2.24, 2.45) is 0 Å². The van der Waals surface area contributed by atoms with Crippen molar-refractivity contribution in [1.82, 2.24) is 15.0 Å². The van der Waals surface area contributed by atoms with Crippen molar-refractivity contribution in [2.45, 2.75) is 25.8 Å². The fourth-order valence-corrected chi connectivity index (χ4v) is 3.44. The Morgan fingerprint density at radius 1 is 0.939 bits per heavy atom. The van der Waals surface area contributed by atoms with Gasteiger partial charge >= 0.3 is 0 Å². The van der Waals surface area contributed by atoms with Crippen molar-refractivity contribution >= 4 is 17.3 Å². The van der Waals surface area contributed by atoms with Crippen molar-refractivity contribution in [3.63, 3.8) is 0 Å². The number of nitrogen functional groups attached to an aromatic ring is 1. The molecular formula is C25H23F2N5O. The molecule has 1 amide bonds. The molecular weight excluding hydrogens is 424 g/mol. The van der Waals surface area contributed by atoms with Gasteiger partial charge in [0, 0.05) is 25.6 Å². The van der Waals surface area contributed by atoms with Crippen LogP contribution in [-0.4, -0.2) is 20.9 Å². The lowest BCUT2D eigenvalue weighted by atomic mass is 10.0. The Morgan fingerprint density at radius 3 is 2.52 bits per heavy atom. The topological polar surface area (TPSA) is 85.8 Å². The van der Waals surface area contributed by atoms with E-state index < -0.39 is 0 Å². The number of rotatable bonds is 8. The van der Waals surface area contributed by atoms with Gasteiger partial charge in [-0.2, -0.15) is 0 Å². The summed E-state index contributed by atoms with van der Waals surface area (Å²) >= 11 is 0. The zero-order valence-electron chi connectivity index (χ0n) is 17.8. The molecule has 0 atom stereocenters. The number of amides is 1. The van der Waals surface area contributed by atoms with Gasteiger partial charge in [0.2, 0.25) is 5.91 Å². The summed E-state index contributed by atoms with van der Waals surface area (Å²) in [6, 6.07) is 17.9. The molecule has 3 N–H and O–H groups in total. The Hall–Kier alpha value is -4.07. The first-order valence-corrected chi connectivity index (χ1v) is 10.5. The molecule has 0 radical (unpaired) electrons. The molecule has 0 bridgehead atoms. The summed E-state index contributed by atoms with van der Waals surface area (Å²) in [6.45, 7) is 0.565. The van der Waals surface area contributed by atoms with Crippen LogP contribution in [0.25, 0.3) is 11.1 Å². The van der Waals surface area contributed by atoms with Gasteiger partial charge in [0.15, 0.2) is 0 Å². The molecule has 0 saturated heterocycles. The maximum atomic E-state index is 13.3. The van der Waals surface area contributed by atoms with E-state index in [1.54, 1.807) is 41.2 Å². The summed E-state index contributed by atoms with van der Waals surface area (Å²) in [6.07, 6.45) is 3.05. The zero-order chi connectivity index (χ0) is 23.2. The third-order valence-electron chi connectivity index (χ3n) is 5.22. The molecule has 4 rings (SSSR count). The van der Waals surface area contributed by atoms with Crippen LogP contribution in [0.2, 0.25) is 0 Å². The lowest BCUT2D eigenvalue weighted by Gasteiger charge is -2.10. The van der Waals surface area contributed by atoms with E-state index in [0.29, 0.717) is 36.5 Å². The Morgan fingerprint density at radius 2 is 1.73 bits per heavy atom. The Kier molecular flexibility index (Phi) is 6.73. The van der Waals surface area contributed by atoms with Crippen LogP contribution >= 0.6 is 0 Å². The molecule has 8 heteroatoms. The maximum Gasteiger partial charge on any atom is 0.224 e. The minimum atomic E-state index is -0.311. The fourth-order valence-electron chi connectivity index (χ4n) is 3.44. The summed E-state index contributed by atoms with van der Waals surface area (Å²) < 4.78 is 28.1. The quantitative estimate of drug-likeness (QED) is 0.386. The van der Waals surface area contributed by atoms with Crippen LogP contribution < -0.4 is 11.1 Å². The number of carbonyl (C=O) groups is 1. The number of nitrogens with one attached hydrogen (secondary N) is 1. The van der Waals surface area contributed by atoms with Gasteiger partial charge in [0.1, 0.15) is 11.6 Å². The van der Waals surface area contributed by atoms with Crippen LogP contribution in [0.15, 0.2) is 72.9 Å². The van der Waals surface area contributed by atoms with Crippen molar-refractivity contribution in [1.29, 1.82) is 0 Å². The van der Waals surface area contributed by atoms with Crippen LogP contribution in [0.3, 0.4) is 0 Å². The van der Waals surface area contributed by atoms with Crippen molar-refractivity contribution in [2.75, 3.05) is 11.1 Å². The van der Waals surface area contributed by atoms with E-state index in [1.165, 1.54) is 24.3 Å². The van der Waals surface area contributed by atoms with Crippen LogP contribution in [0, 0.1) is 11.6 Å². The van der Waals surface area contributed by atoms with Crippen LogP contribution in [0.4, 0.5) is 20.2 Å². The van der Waals surface area contributed by atoms with Gasteiger partial charge in [-0.3, -0.25) is 9.48 Å². The number of carbonyl (C=O) groups excluding carboxylic acids is 1. The molecule has 168 valence electrons. The largest absolute Gasteiger partial charge is 0.397 e. The van der Waals surface area contributed by atoms with Gasteiger partial charge in [0.05, 0.1) is 17.1 Å². The molecule has 0 aliphatic rings. The highest BCUT2D eigenvalue weighted by Crippen LogP contribution is 2.27. The van der Waals surface area contributed by atoms with Crippen LogP contribution in [0.1, 0.15) is 17.7 Å². The molecule has 0 aliphatic heterocycles. The average molecular weight is 447 g/mol. The number of nitrogens with zero attached hydrogens (tertiary/aromatic N) is 3. The smallest absolute Gasteiger partial charge is 0.224 e. The van der Waals surface area contributed by atoms with E-state index >= 15 is 0 Å². The minimum absolute atomic E-state index is 0.202. The van der Waals surface area contributed by atoms with Crippen molar-refractivity contribution in [3.8, 4) is 11.1 Å². The Balaban J connectivity index is 1.31. The molecule has 0 unspecified atom stereocenters. The van der Waals surface area contributed by atoms with E-state index in [-0.39, 0.29) is 24.0 Å². The third-order valence-corrected chi connectivity index (χ3v) is 5.22. The number of nitrogens with two attached hydrogens (primary N) is 1. The first-order valence-electron chi connectivity index (χ1n) is 10.5. The standard InChI is InChI=1S/C25H23F2N5O/c26-20-7-4-18(5-8-20)19-6-10-23(28)24(15-19)29-25(33)11-9-22-16-32(31-30-22)13-12-17-2-1-3-21(27)14-17/h1-8,10,14-16H,9,11-13,28H2,(H,29,33). The normalized spacial score (nSPS) is 10.8. The summed E-state index contributed by atoms with van der Waals surface area (Å²) in [7, 11) is 0. The highest BCUT2D eigenvalue weighted by atomic mass is 19.1. The van der Waals surface area contributed by atoms with Gasteiger partial charge in [-0.25, -0.2) is 8.78 Å². The molecule has 3 aromatic carbocycles. The first-order chi connectivity index (χ1) is 16.0. The number of hydrogen-bond acceptors (Lipinski definition) is 4. The molecule has 0 saturated carbocycles. The van der Waals surface area contributed by atoms with Crippen LogP contribution in [0.5, 0.6) is 0 Å². The molecule has 33 heavy (non-hydrogen) atoms. The molecule has 4 aromatic rings. The second-order valence-corrected chi connectivity index (χ2v) is 7.71. The number of halogens is 2. The van der Waals surface area contributed by atoms with Crippen molar-refractivity contribution in [3.05, 3.63) is 95.8 Å². The number of aryl methyl sites for hydroxylation is 3. The fraction of sp³-hybridized carbons (Fsp3) is 0.160. The monoisotopic (exact) mass is 447 g/mol. The molecule has 0 fully saturated rings. The second kappa shape index (κ2) is 10.0. The number of hydrogen-bond donors (Lipinski definition) is 2. The van der Waals surface area contributed by atoms with E-state index in [2.05, 4.69) is 15.6 Å². The lowest BCUT2D eigenvalue weighted by Crippen LogP contribution is -2.13. The summed E-state index contributed by atoms with van der Waals surface area (Å²) in [5.41, 5.74) is 10.2. The third kappa shape index (κ3) is 6.00. The number of aromatic nitrogens is 3. The minimum Gasteiger partial charge on any atom is -0.397 e.